The number of aryl methyl sites for hydroxylation is 1. The maximum atomic E-state index is 13.6. The highest BCUT2D eigenvalue weighted by Gasteiger charge is 2.09. The second-order valence-corrected chi connectivity index (χ2v) is 5.96. The maximum absolute atomic E-state index is 13.6. The lowest BCUT2D eigenvalue weighted by Gasteiger charge is -2.08. The molecule has 0 atom stereocenters. The quantitative estimate of drug-likeness (QED) is 0.833. The average molecular weight is 379 g/mol. The summed E-state index contributed by atoms with van der Waals surface area (Å²) in [6.45, 7) is 2.08. The number of carbonyl (C=O) groups excluding carboxylic acids is 2. The van der Waals surface area contributed by atoms with Crippen molar-refractivity contribution in [1.29, 1.82) is 0 Å². The molecule has 0 bridgehead atoms. The van der Waals surface area contributed by atoms with Crippen LogP contribution in [0.15, 0.2) is 46.9 Å². The first kappa shape index (κ1) is 17.1. The number of nitrogens with one attached hydrogen (secondary N) is 2. The second-order valence-electron chi connectivity index (χ2n) is 5.05. The third kappa shape index (κ3) is 5.17. The molecule has 0 radical (unpaired) electrons. The van der Waals surface area contributed by atoms with Crippen LogP contribution >= 0.6 is 15.9 Å². The van der Waals surface area contributed by atoms with Crippen molar-refractivity contribution in [1.82, 2.24) is 5.32 Å². The zero-order valence-corrected chi connectivity index (χ0v) is 14.1. The second kappa shape index (κ2) is 7.87. The normalized spacial score (nSPS) is 10.2. The lowest BCUT2D eigenvalue weighted by molar-refractivity contribution is -0.116. The van der Waals surface area contributed by atoms with Crippen molar-refractivity contribution in [2.45, 2.75) is 13.3 Å². The molecule has 120 valence electrons. The van der Waals surface area contributed by atoms with Crippen LogP contribution in [0.1, 0.15) is 22.3 Å². The first-order chi connectivity index (χ1) is 11.0. The van der Waals surface area contributed by atoms with E-state index in [1.54, 1.807) is 24.3 Å². The van der Waals surface area contributed by atoms with Crippen LogP contribution in [0.3, 0.4) is 0 Å². The Bertz CT molecular complexity index is 734. The molecule has 0 aliphatic carbocycles. The van der Waals surface area contributed by atoms with Crippen molar-refractivity contribution in [3.63, 3.8) is 0 Å². The summed E-state index contributed by atoms with van der Waals surface area (Å²) in [6, 6.07) is 11.6. The number of carbonyl (C=O) groups is 2. The Balaban J connectivity index is 1.81. The molecule has 0 saturated carbocycles. The zero-order chi connectivity index (χ0) is 16.8. The molecule has 0 saturated heterocycles. The number of benzene rings is 2. The van der Waals surface area contributed by atoms with E-state index in [0.29, 0.717) is 10.0 Å². The molecule has 2 aromatic carbocycles. The van der Waals surface area contributed by atoms with Crippen LogP contribution in [0.25, 0.3) is 0 Å². The number of hydrogen-bond donors (Lipinski definition) is 2. The molecule has 0 aliphatic heterocycles. The fourth-order valence-corrected chi connectivity index (χ4v) is 2.31. The molecule has 0 spiro atoms. The van der Waals surface area contributed by atoms with E-state index in [9.17, 15) is 14.0 Å². The van der Waals surface area contributed by atoms with Gasteiger partial charge in [0.25, 0.3) is 5.91 Å². The Labute approximate surface area is 142 Å². The molecule has 0 heterocycles. The van der Waals surface area contributed by atoms with Crippen LogP contribution < -0.4 is 10.6 Å². The first-order valence-corrected chi connectivity index (χ1v) is 7.85. The summed E-state index contributed by atoms with van der Waals surface area (Å²) in [5.41, 5.74) is 1.65. The molecule has 0 fully saturated rings. The fourth-order valence-electron chi connectivity index (χ4n) is 1.98. The van der Waals surface area contributed by atoms with E-state index >= 15 is 0 Å². The Morgan fingerprint density at radius 3 is 2.65 bits per heavy atom. The van der Waals surface area contributed by atoms with Crippen LogP contribution in [-0.2, 0) is 4.79 Å². The highest BCUT2D eigenvalue weighted by atomic mass is 79.9. The summed E-state index contributed by atoms with van der Waals surface area (Å²) < 4.78 is 14.2. The van der Waals surface area contributed by atoms with Gasteiger partial charge in [0.05, 0.1) is 5.69 Å². The molecule has 6 heteroatoms. The summed E-state index contributed by atoms with van der Waals surface area (Å²) in [5, 5.41) is 5.14. The Morgan fingerprint density at radius 2 is 1.96 bits per heavy atom. The molecule has 2 amide bonds. The van der Waals surface area contributed by atoms with Crippen molar-refractivity contribution in [3.8, 4) is 0 Å². The largest absolute Gasteiger partial charge is 0.352 e. The Kier molecular flexibility index (Phi) is 5.87. The van der Waals surface area contributed by atoms with Gasteiger partial charge in [0.1, 0.15) is 5.82 Å². The van der Waals surface area contributed by atoms with Crippen LogP contribution in [0, 0.1) is 12.7 Å². The number of hydrogen-bond acceptors (Lipinski definition) is 2. The topological polar surface area (TPSA) is 58.2 Å². The fraction of sp³-hybridized carbons (Fsp3) is 0.176. The van der Waals surface area contributed by atoms with Crippen LogP contribution in [0.4, 0.5) is 10.1 Å². The highest BCUT2D eigenvalue weighted by Crippen LogP contribution is 2.19. The third-order valence-corrected chi connectivity index (χ3v) is 3.62. The molecular formula is C17H16BrFN2O2. The molecular weight excluding hydrogens is 363 g/mol. The molecule has 0 unspecified atom stereocenters. The predicted octanol–water partition coefficient (Wildman–Crippen LogP) is 3.66. The van der Waals surface area contributed by atoms with Gasteiger partial charge in [-0.3, -0.25) is 9.59 Å². The minimum atomic E-state index is -0.517. The smallest absolute Gasteiger partial charge is 0.251 e. The first-order valence-electron chi connectivity index (χ1n) is 7.05. The van der Waals surface area contributed by atoms with Crippen molar-refractivity contribution in [3.05, 3.63) is 63.9 Å². The lowest BCUT2D eigenvalue weighted by Crippen LogP contribution is -2.27. The van der Waals surface area contributed by atoms with E-state index in [4.69, 9.17) is 0 Å². The van der Waals surface area contributed by atoms with Gasteiger partial charge in [-0.1, -0.05) is 33.6 Å². The number of anilines is 1. The van der Waals surface area contributed by atoms with Crippen molar-refractivity contribution >= 4 is 33.4 Å². The number of halogens is 2. The molecule has 2 aromatic rings. The lowest BCUT2D eigenvalue weighted by atomic mass is 10.1. The molecule has 2 rings (SSSR count). The maximum Gasteiger partial charge on any atom is 0.251 e. The summed E-state index contributed by atoms with van der Waals surface area (Å²) in [4.78, 5) is 23.7. The molecule has 23 heavy (non-hydrogen) atoms. The van der Waals surface area contributed by atoms with Gasteiger partial charge in [0, 0.05) is 23.0 Å². The van der Waals surface area contributed by atoms with Gasteiger partial charge in [0.2, 0.25) is 5.91 Å². The van der Waals surface area contributed by atoms with E-state index in [1.165, 1.54) is 12.1 Å². The van der Waals surface area contributed by atoms with E-state index in [1.807, 2.05) is 13.0 Å². The summed E-state index contributed by atoms with van der Waals surface area (Å²) in [7, 11) is 0. The summed E-state index contributed by atoms with van der Waals surface area (Å²) in [6.07, 6.45) is 0.0626. The van der Waals surface area contributed by atoms with E-state index in [2.05, 4.69) is 26.6 Å². The van der Waals surface area contributed by atoms with Gasteiger partial charge < -0.3 is 10.6 Å². The minimum Gasteiger partial charge on any atom is -0.352 e. The molecule has 0 aromatic heterocycles. The van der Waals surface area contributed by atoms with Gasteiger partial charge in [0.15, 0.2) is 0 Å². The number of amides is 2. The van der Waals surface area contributed by atoms with Crippen molar-refractivity contribution in [2.75, 3.05) is 11.9 Å². The van der Waals surface area contributed by atoms with Gasteiger partial charge >= 0.3 is 0 Å². The van der Waals surface area contributed by atoms with E-state index in [0.717, 1.165) is 5.56 Å². The molecule has 2 N–H and O–H groups in total. The molecule has 4 nitrogen and oxygen atoms in total. The van der Waals surface area contributed by atoms with Crippen molar-refractivity contribution in [2.24, 2.45) is 0 Å². The summed E-state index contributed by atoms with van der Waals surface area (Å²) >= 11 is 3.15. The standard InChI is InChI=1S/C17H16BrFN2O2/c1-11-3-2-4-12(9-11)17(23)20-8-7-16(22)21-15-6-5-13(18)10-14(15)19/h2-6,9-10H,7-8H2,1H3,(H,20,23)(H,21,22). The van der Waals surface area contributed by atoms with Crippen molar-refractivity contribution < 1.29 is 14.0 Å². The monoisotopic (exact) mass is 378 g/mol. The van der Waals surface area contributed by atoms with Crippen LogP contribution in [0.5, 0.6) is 0 Å². The third-order valence-electron chi connectivity index (χ3n) is 3.12. The summed E-state index contributed by atoms with van der Waals surface area (Å²) in [5.74, 6) is -1.12. The van der Waals surface area contributed by atoms with E-state index < -0.39 is 5.82 Å². The number of rotatable bonds is 5. The van der Waals surface area contributed by atoms with Gasteiger partial charge in [-0.25, -0.2) is 4.39 Å². The Hall–Kier alpha value is -2.21. The SMILES string of the molecule is Cc1cccc(C(=O)NCCC(=O)Nc2ccc(Br)cc2F)c1. The Morgan fingerprint density at radius 1 is 1.17 bits per heavy atom. The van der Waals surface area contributed by atoms with Gasteiger partial charge in [-0.05, 0) is 37.3 Å². The minimum absolute atomic E-state index is 0.0626. The van der Waals surface area contributed by atoms with Gasteiger partial charge in [-0.2, -0.15) is 0 Å². The van der Waals surface area contributed by atoms with Gasteiger partial charge in [-0.15, -0.1) is 0 Å². The van der Waals surface area contributed by atoms with E-state index in [-0.39, 0.29) is 30.5 Å². The molecule has 0 aliphatic rings. The predicted molar refractivity (Wildman–Crippen MR) is 90.9 cm³/mol. The van der Waals surface area contributed by atoms with Crippen LogP contribution in [0.2, 0.25) is 0 Å². The average Bonchev–Trinajstić information content (AvgIpc) is 2.50. The highest BCUT2D eigenvalue weighted by molar-refractivity contribution is 9.10. The zero-order valence-electron chi connectivity index (χ0n) is 12.5. The van der Waals surface area contributed by atoms with Crippen LogP contribution in [-0.4, -0.2) is 18.4 Å².